The van der Waals surface area contributed by atoms with E-state index >= 15 is 0 Å². The van der Waals surface area contributed by atoms with E-state index in [1.54, 1.807) is 0 Å². The van der Waals surface area contributed by atoms with Crippen LogP contribution in [0.2, 0.25) is 0 Å². The predicted octanol–water partition coefficient (Wildman–Crippen LogP) is 0.634. The molecule has 0 radical (unpaired) electrons. The van der Waals surface area contributed by atoms with Gasteiger partial charge in [-0.15, -0.1) is 0 Å². The van der Waals surface area contributed by atoms with Gasteiger partial charge < -0.3 is 0 Å². The van der Waals surface area contributed by atoms with E-state index in [2.05, 4.69) is 18.9 Å². The fourth-order valence-electron chi connectivity index (χ4n) is 0.141. The first kappa shape index (κ1) is 5.21. The maximum absolute atomic E-state index is 10.2. The van der Waals surface area contributed by atoms with Gasteiger partial charge in [0.25, 0.3) is 0 Å². The molecule has 6 heteroatoms. The summed E-state index contributed by atoms with van der Waals surface area (Å²) in [5.41, 5.74) is 0. The molecule has 0 N–H and O–H groups in total. The van der Waals surface area contributed by atoms with Crippen molar-refractivity contribution in [2.45, 2.75) is 0 Å². The van der Waals surface area contributed by atoms with Crippen LogP contribution in [0.25, 0.3) is 0 Å². The smallest absolute Gasteiger partial charge is 0.287 e. The number of hydrogen-bond acceptors (Lipinski definition) is 5. The molecule has 0 aromatic rings. The number of hydrogen-bond donors (Lipinski definition) is 0. The molecular formula is CH3O5P. The molecule has 0 aromatic carbocycles. The first-order chi connectivity index (χ1) is 3.27. The quantitative estimate of drug-likeness (QED) is 0.381. The van der Waals surface area contributed by atoms with Crippen LogP contribution in [-0.2, 0) is 23.5 Å². The molecule has 1 aliphatic rings. The second-order valence-corrected chi connectivity index (χ2v) is 2.40. The van der Waals surface area contributed by atoms with Gasteiger partial charge >= 0.3 is 7.82 Å². The molecule has 5 nitrogen and oxygen atoms in total. The Balaban J connectivity index is 2.45. The Morgan fingerprint density at radius 1 is 1.57 bits per heavy atom. The van der Waals surface area contributed by atoms with E-state index in [-0.39, 0.29) is 0 Å². The minimum atomic E-state index is -3.20. The molecule has 0 aliphatic carbocycles. The standard InChI is InChI=1S/CH3O5P/c1-3-7(2)5-4-6-7/h1H3. The molecule has 1 heterocycles. The van der Waals surface area contributed by atoms with Crippen molar-refractivity contribution in [3.63, 3.8) is 0 Å². The molecule has 1 aliphatic heterocycles. The molecule has 0 unspecified atom stereocenters. The van der Waals surface area contributed by atoms with Gasteiger partial charge in [-0.25, -0.2) is 4.57 Å². The van der Waals surface area contributed by atoms with Crippen molar-refractivity contribution in [2.75, 3.05) is 7.11 Å². The van der Waals surface area contributed by atoms with Gasteiger partial charge in [-0.1, -0.05) is 9.35 Å². The zero-order valence-corrected chi connectivity index (χ0v) is 4.38. The fourth-order valence-corrected chi connectivity index (χ4v) is 0.423. The van der Waals surface area contributed by atoms with E-state index in [1.807, 2.05) is 0 Å². The second kappa shape index (κ2) is 1.54. The molecule has 1 saturated heterocycles. The highest BCUT2D eigenvalue weighted by molar-refractivity contribution is 7.48. The fraction of sp³-hybridized carbons (Fsp3) is 1.00. The zero-order chi connectivity index (χ0) is 5.33. The van der Waals surface area contributed by atoms with E-state index in [1.165, 1.54) is 7.11 Å². The van der Waals surface area contributed by atoms with Crippen molar-refractivity contribution in [2.24, 2.45) is 0 Å². The molecular weight excluding hydrogens is 123 g/mol. The molecule has 0 atom stereocenters. The largest absolute Gasteiger partial charge is 0.533 e. The average molecular weight is 126 g/mol. The van der Waals surface area contributed by atoms with Crippen LogP contribution in [0.3, 0.4) is 0 Å². The summed E-state index contributed by atoms with van der Waals surface area (Å²) < 4.78 is 22.2. The Morgan fingerprint density at radius 2 is 2.14 bits per heavy atom. The van der Waals surface area contributed by atoms with E-state index in [0.29, 0.717) is 0 Å². The van der Waals surface area contributed by atoms with Crippen LogP contribution < -0.4 is 0 Å². The Morgan fingerprint density at radius 3 is 2.14 bits per heavy atom. The highest BCUT2D eigenvalue weighted by atomic mass is 31.2. The minimum Gasteiger partial charge on any atom is -0.287 e. The third-order valence-corrected chi connectivity index (χ3v) is 1.40. The third-order valence-electron chi connectivity index (χ3n) is 0.467. The summed E-state index contributed by atoms with van der Waals surface area (Å²) in [5, 5.41) is 3.64. The van der Waals surface area contributed by atoms with Crippen LogP contribution in [0.5, 0.6) is 0 Å². The average Bonchev–Trinajstić information content (AvgIpc) is 1.61. The van der Waals surface area contributed by atoms with Gasteiger partial charge in [0.1, 0.15) is 0 Å². The summed E-state index contributed by atoms with van der Waals surface area (Å²) in [7, 11) is -2.00. The molecule has 0 saturated carbocycles. The predicted molar refractivity (Wildman–Crippen MR) is 17.9 cm³/mol. The van der Waals surface area contributed by atoms with Crippen LogP contribution in [-0.4, -0.2) is 7.11 Å². The monoisotopic (exact) mass is 126 g/mol. The third kappa shape index (κ3) is 0.821. The van der Waals surface area contributed by atoms with Crippen LogP contribution in [0.15, 0.2) is 0 Å². The van der Waals surface area contributed by atoms with Crippen molar-refractivity contribution >= 4 is 7.82 Å². The Kier molecular flexibility index (Phi) is 1.15. The number of rotatable bonds is 1. The summed E-state index contributed by atoms with van der Waals surface area (Å²) in [5.74, 6) is 0. The van der Waals surface area contributed by atoms with Crippen LogP contribution in [0, 0.1) is 0 Å². The van der Waals surface area contributed by atoms with Crippen molar-refractivity contribution < 1.29 is 23.5 Å². The van der Waals surface area contributed by atoms with Gasteiger partial charge in [-0.05, 0) is 5.04 Å². The highest BCUT2D eigenvalue weighted by Crippen LogP contribution is 2.56. The van der Waals surface area contributed by atoms with E-state index in [4.69, 9.17) is 0 Å². The second-order valence-electron chi connectivity index (χ2n) is 0.847. The van der Waals surface area contributed by atoms with Gasteiger partial charge in [-0.3, -0.25) is 4.52 Å². The van der Waals surface area contributed by atoms with Crippen LogP contribution in [0.4, 0.5) is 0 Å². The van der Waals surface area contributed by atoms with Gasteiger partial charge in [0.2, 0.25) is 0 Å². The lowest BCUT2D eigenvalue weighted by molar-refractivity contribution is -0.498. The number of phosphoric acid groups is 1. The van der Waals surface area contributed by atoms with Crippen molar-refractivity contribution in [3.8, 4) is 0 Å². The van der Waals surface area contributed by atoms with E-state index < -0.39 is 7.82 Å². The minimum absolute atomic E-state index is 1.20. The zero-order valence-electron chi connectivity index (χ0n) is 3.49. The van der Waals surface area contributed by atoms with Crippen molar-refractivity contribution in [1.29, 1.82) is 0 Å². The SMILES string of the molecule is COP1(=O)OOO1. The lowest BCUT2D eigenvalue weighted by Crippen LogP contribution is -2.07. The maximum atomic E-state index is 10.2. The Labute approximate surface area is 39.6 Å². The summed E-state index contributed by atoms with van der Waals surface area (Å²) in [6, 6.07) is 0. The van der Waals surface area contributed by atoms with Crippen molar-refractivity contribution in [3.05, 3.63) is 0 Å². The molecule has 1 rings (SSSR count). The molecule has 0 amide bonds. The summed E-state index contributed by atoms with van der Waals surface area (Å²) in [6.45, 7) is 0. The maximum Gasteiger partial charge on any atom is 0.533 e. The van der Waals surface area contributed by atoms with Gasteiger partial charge in [-0.2, -0.15) is 0 Å². The Bertz CT molecular complexity index is 92.4. The van der Waals surface area contributed by atoms with Gasteiger partial charge in [0.15, 0.2) is 0 Å². The molecule has 0 spiro atoms. The van der Waals surface area contributed by atoms with Crippen LogP contribution in [0.1, 0.15) is 0 Å². The molecule has 0 bridgehead atoms. The first-order valence-electron chi connectivity index (χ1n) is 1.47. The normalized spacial score (nSPS) is 26.4. The first-order valence-corrected chi connectivity index (χ1v) is 2.93. The summed E-state index contributed by atoms with van der Waals surface area (Å²) in [4.78, 5) is 0. The van der Waals surface area contributed by atoms with E-state index in [9.17, 15) is 4.57 Å². The lowest BCUT2D eigenvalue weighted by atomic mass is 11.8. The van der Waals surface area contributed by atoms with Gasteiger partial charge in [0, 0.05) is 7.11 Å². The summed E-state index contributed by atoms with van der Waals surface area (Å²) in [6.07, 6.45) is 0. The topological polar surface area (TPSA) is 54.0 Å². The molecule has 42 valence electrons. The molecule has 7 heavy (non-hydrogen) atoms. The van der Waals surface area contributed by atoms with Crippen molar-refractivity contribution in [1.82, 2.24) is 0 Å². The lowest BCUT2D eigenvalue weighted by Gasteiger charge is -2.17. The summed E-state index contributed by atoms with van der Waals surface area (Å²) >= 11 is 0. The highest BCUT2D eigenvalue weighted by Gasteiger charge is 2.38. The Hall–Kier alpha value is 0.0700. The molecule has 0 aromatic heterocycles. The van der Waals surface area contributed by atoms with Gasteiger partial charge in [0.05, 0.1) is 0 Å². The van der Waals surface area contributed by atoms with E-state index in [0.717, 1.165) is 0 Å². The van der Waals surface area contributed by atoms with Crippen LogP contribution >= 0.6 is 7.82 Å². The molecule has 1 fully saturated rings.